The number of nitrogens with one attached hydrogen (secondary N) is 1. The lowest BCUT2D eigenvalue weighted by Gasteiger charge is -2.21. The van der Waals surface area contributed by atoms with E-state index in [9.17, 15) is 0 Å². The molecule has 1 aliphatic heterocycles. The third-order valence-electron chi connectivity index (χ3n) is 1.70. The van der Waals surface area contributed by atoms with Crippen molar-refractivity contribution in [1.82, 2.24) is 5.32 Å². The summed E-state index contributed by atoms with van der Waals surface area (Å²) in [5.74, 6) is 0. The van der Waals surface area contributed by atoms with Crippen molar-refractivity contribution < 1.29 is 0 Å². The molecule has 0 aromatic rings. The molecule has 0 aromatic heterocycles. The summed E-state index contributed by atoms with van der Waals surface area (Å²) in [6.45, 7) is 0. The van der Waals surface area contributed by atoms with Crippen LogP contribution < -0.4 is 5.32 Å². The lowest BCUT2D eigenvalue weighted by Crippen LogP contribution is -2.40. The van der Waals surface area contributed by atoms with Crippen LogP contribution in [-0.2, 0) is 0 Å². The summed E-state index contributed by atoms with van der Waals surface area (Å²) < 4.78 is 0. The van der Waals surface area contributed by atoms with E-state index in [4.69, 9.17) is 10.5 Å². The van der Waals surface area contributed by atoms with Gasteiger partial charge in [0.15, 0.2) is 0 Å². The first-order valence-corrected chi connectivity index (χ1v) is 3.42. The van der Waals surface area contributed by atoms with Crippen LogP contribution >= 0.6 is 0 Å². The first-order chi connectivity index (χ1) is 4.86. The van der Waals surface area contributed by atoms with Crippen LogP contribution in [0.5, 0.6) is 0 Å². The molecule has 3 heteroatoms. The number of piperidine rings is 1. The van der Waals surface area contributed by atoms with Gasteiger partial charge in [-0.2, -0.15) is 10.5 Å². The summed E-state index contributed by atoms with van der Waals surface area (Å²) >= 11 is 0. The van der Waals surface area contributed by atoms with E-state index in [0.717, 1.165) is 19.3 Å². The minimum Gasteiger partial charge on any atom is -0.287 e. The van der Waals surface area contributed by atoms with Gasteiger partial charge in [-0.05, 0) is 19.3 Å². The van der Waals surface area contributed by atoms with Gasteiger partial charge in [-0.15, -0.1) is 0 Å². The Bertz CT molecular complexity index is 166. The normalized spacial score (nSPS) is 32.2. The molecule has 52 valence electrons. The molecular weight excluding hydrogens is 126 g/mol. The molecule has 1 aliphatic rings. The second-order valence-electron chi connectivity index (χ2n) is 2.46. The largest absolute Gasteiger partial charge is 0.287 e. The second kappa shape index (κ2) is 3.20. The highest BCUT2D eigenvalue weighted by Crippen LogP contribution is 2.10. The number of nitriles is 2. The van der Waals surface area contributed by atoms with Gasteiger partial charge in [-0.25, -0.2) is 0 Å². The molecule has 10 heavy (non-hydrogen) atoms. The highest BCUT2D eigenvalue weighted by atomic mass is 15.0. The van der Waals surface area contributed by atoms with Crippen molar-refractivity contribution in [1.29, 1.82) is 10.5 Å². The Morgan fingerprint density at radius 3 is 2.00 bits per heavy atom. The van der Waals surface area contributed by atoms with E-state index in [1.165, 1.54) is 0 Å². The number of hydrogen-bond acceptors (Lipinski definition) is 3. The summed E-state index contributed by atoms with van der Waals surface area (Å²) in [4.78, 5) is 0. The van der Waals surface area contributed by atoms with Crippen molar-refractivity contribution in [3.63, 3.8) is 0 Å². The molecule has 1 saturated heterocycles. The molecule has 0 aromatic carbocycles. The van der Waals surface area contributed by atoms with Crippen molar-refractivity contribution in [3.8, 4) is 12.1 Å². The van der Waals surface area contributed by atoms with Crippen molar-refractivity contribution in [3.05, 3.63) is 0 Å². The van der Waals surface area contributed by atoms with Crippen LogP contribution in [0.2, 0.25) is 0 Å². The molecule has 0 spiro atoms. The highest BCUT2D eigenvalue weighted by molar-refractivity contribution is 5.01. The first kappa shape index (κ1) is 7.05. The Hall–Kier alpha value is -1.06. The molecule has 0 aliphatic carbocycles. The Kier molecular flexibility index (Phi) is 2.25. The monoisotopic (exact) mass is 135 g/mol. The van der Waals surface area contributed by atoms with Gasteiger partial charge in [0.2, 0.25) is 0 Å². The zero-order valence-electron chi connectivity index (χ0n) is 5.67. The van der Waals surface area contributed by atoms with E-state index >= 15 is 0 Å². The summed E-state index contributed by atoms with van der Waals surface area (Å²) in [6, 6.07) is 4.01. The number of nitrogens with zero attached hydrogens (tertiary/aromatic N) is 2. The fourth-order valence-electron chi connectivity index (χ4n) is 1.14. The van der Waals surface area contributed by atoms with Crippen LogP contribution in [0.4, 0.5) is 0 Å². The van der Waals surface area contributed by atoms with Crippen molar-refractivity contribution in [2.45, 2.75) is 31.3 Å². The predicted molar refractivity (Wildman–Crippen MR) is 35.8 cm³/mol. The van der Waals surface area contributed by atoms with Gasteiger partial charge in [0.05, 0.1) is 24.2 Å². The zero-order valence-corrected chi connectivity index (χ0v) is 5.67. The number of rotatable bonds is 0. The average molecular weight is 135 g/mol. The molecule has 0 bridgehead atoms. The average Bonchev–Trinajstić information content (AvgIpc) is 2.05. The van der Waals surface area contributed by atoms with Gasteiger partial charge in [0, 0.05) is 0 Å². The third kappa shape index (κ3) is 1.46. The van der Waals surface area contributed by atoms with Gasteiger partial charge in [-0.3, -0.25) is 5.32 Å². The topological polar surface area (TPSA) is 59.6 Å². The smallest absolute Gasteiger partial charge is 0.0962 e. The third-order valence-corrected chi connectivity index (χ3v) is 1.70. The summed E-state index contributed by atoms with van der Waals surface area (Å²) in [5, 5.41) is 19.9. The maximum atomic E-state index is 8.48. The second-order valence-corrected chi connectivity index (χ2v) is 2.46. The van der Waals surface area contributed by atoms with Gasteiger partial charge >= 0.3 is 0 Å². The van der Waals surface area contributed by atoms with Gasteiger partial charge < -0.3 is 0 Å². The fraction of sp³-hybridized carbons (Fsp3) is 0.714. The standard InChI is InChI=1S/C7H9N3/c8-4-6-2-1-3-7(5-9)10-6/h6-7,10H,1-3H2/t6-,7-/m0/s1. The van der Waals surface area contributed by atoms with Crippen LogP contribution in [0.1, 0.15) is 19.3 Å². The lowest BCUT2D eigenvalue weighted by molar-refractivity contribution is 0.410. The molecule has 2 atom stereocenters. The van der Waals surface area contributed by atoms with Crippen molar-refractivity contribution in [2.75, 3.05) is 0 Å². The van der Waals surface area contributed by atoms with Gasteiger partial charge in [0.1, 0.15) is 0 Å². The van der Waals surface area contributed by atoms with E-state index in [1.54, 1.807) is 0 Å². The summed E-state index contributed by atoms with van der Waals surface area (Å²) in [5.41, 5.74) is 0. The zero-order chi connectivity index (χ0) is 7.40. The molecule has 1 rings (SSSR count). The van der Waals surface area contributed by atoms with Crippen LogP contribution in [0, 0.1) is 22.7 Å². The first-order valence-electron chi connectivity index (χ1n) is 3.42. The minimum atomic E-state index is -0.0987. The maximum absolute atomic E-state index is 8.48. The Balaban J connectivity index is 2.43. The number of hydrogen-bond donors (Lipinski definition) is 1. The van der Waals surface area contributed by atoms with Gasteiger partial charge in [-0.1, -0.05) is 0 Å². The maximum Gasteiger partial charge on any atom is 0.0962 e. The van der Waals surface area contributed by atoms with Crippen molar-refractivity contribution in [2.24, 2.45) is 0 Å². The molecule has 0 saturated carbocycles. The van der Waals surface area contributed by atoms with Crippen LogP contribution in [0.3, 0.4) is 0 Å². The molecule has 0 amide bonds. The molecule has 3 nitrogen and oxygen atoms in total. The van der Waals surface area contributed by atoms with E-state index in [1.807, 2.05) is 0 Å². The Morgan fingerprint density at radius 1 is 1.10 bits per heavy atom. The van der Waals surface area contributed by atoms with Crippen LogP contribution in [0.25, 0.3) is 0 Å². The predicted octanol–water partition coefficient (Wildman–Crippen LogP) is 0.544. The highest BCUT2D eigenvalue weighted by Gasteiger charge is 2.19. The SMILES string of the molecule is N#C[C@@H]1CCC[C@@H](C#N)N1. The quantitative estimate of drug-likeness (QED) is 0.527. The Labute approximate surface area is 60.3 Å². The molecular formula is C7H9N3. The van der Waals surface area contributed by atoms with Gasteiger partial charge in [0.25, 0.3) is 0 Å². The summed E-state index contributed by atoms with van der Waals surface area (Å²) in [6.07, 6.45) is 2.76. The molecule has 1 N–H and O–H groups in total. The molecule has 0 radical (unpaired) electrons. The summed E-state index contributed by atoms with van der Waals surface area (Å²) in [7, 11) is 0. The molecule has 0 unspecified atom stereocenters. The minimum absolute atomic E-state index is 0.0987. The van der Waals surface area contributed by atoms with E-state index in [0.29, 0.717) is 0 Å². The van der Waals surface area contributed by atoms with E-state index < -0.39 is 0 Å². The van der Waals surface area contributed by atoms with Crippen LogP contribution in [-0.4, -0.2) is 12.1 Å². The molecule has 1 fully saturated rings. The fourth-order valence-corrected chi connectivity index (χ4v) is 1.14. The Morgan fingerprint density at radius 2 is 1.60 bits per heavy atom. The van der Waals surface area contributed by atoms with Crippen molar-refractivity contribution >= 4 is 0 Å². The van der Waals surface area contributed by atoms with E-state index in [2.05, 4.69) is 17.5 Å². The lowest BCUT2D eigenvalue weighted by atomic mass is 10.0. The van der Waals surface area contributed by atoms with E-state index in [-0.39, 0.29) is 12.1 Å². The van der Waals surface area contributed by atoms with Crippen LogP contribution in [0.15, 0.2) is 0 Å². The molecule has 1 heterocycles.